The highest BCUT2D eigenvalue weighted by Gasteiger charge is 2.31. The van der Waals surface area contributed by atoms with E-state index in [1.807, 2.05) is 0 Å². The average molecular weight is 390 g/mol. The largest absolute Gasteiger partial charge is 0.872 e. The van der Waals surface area contributed by atoms with Crippen molar-refractivity contribution >= 4 is 35.1 Å². The van der Waals surface area contributed by atoms with Crippen molar-refractivity contribution < 1.29 is 19.5 Å². The predicted molar refractivity (Wildman–Crippen MR) is 98.9 cm³/mol. The van der Waals surface area contributed by atoms with E-state index in [9.17, 15) is 9.90 Å². The van der Waals surface area contributed by atoms with Crippen molar-refractivity contribution in [1.29, 1.82) is 0 Å². The minimum absolute atomic E-state index is 0.0817. The standard InChI is InChI=1S/C20H17Cl2NO3/c21-13-4-3-12(16(22)10-13)9-18-19(25)14-5-6-17(24)15(20(14)26-18)11-23-7-1-2-8-23/h3-6,9-10,24H,1-2,7-8,11H2. The van der Waals surface area contributed by atoms with Crippen LogP contribution < -0.4 is 14.7 Å². The maximum absolute atomic E-state index is 12.7. The molecule has 1 N–H and O–H groups in total. The lowest BCUT2D eigenvalue weighted by molar-refractivity contribution is -0.901. The number of allylic oxidation sites excluding steroid dienone is 1. The summed E-state index contributed by atoms with van der Waals surface area (Å²) >= 11 is 12.1. The molecule has 0 unspecified atom stereocenters. The number of Topliss-reactive ketones (excluding diaryl/α,β-unsaturated/α-hetero) is 1. The summed E-state index contributed by atoms with van der Waals surface area (Å²) < 4.78 is 5.84. The number of fused-ring (bicyclic) bond motifs is 1. The van der Waals surface area contributed by atoms with Gasteiger partial charge in [-0.1, -0.05) is 41.1 Å². The van der Waals surface area contributed by atoms with Gasteiger partial charge < -0.3 is 14.7 Å². The molecule has 0 amide bonds. The monoisotopic (exact) mass is 389 g/mol. The number of ketones is 1. The van der Waals surface area contributed by atoms with E-state index in [1.165, 1.54) is 23.8 Å². The van der Waals surface area contributed by atoms with Crippen LogP contribution in [0.25, 0.3) is 6.08 Å². The van der Waals surface area contributed by atoms with Crippen LogP contribution in [-0.4, -0.2) is 18.9 Å². The summed E-state index contributed by atoms with van der Waals surface area (Å²) in [5.41, 5.74) is 1.66. The number of ether oxygens (including phenoxy) is 1. The van der Waals surface area contributed by atoms with Gasteiger partial charge in [-0.05, 0) is 29.8 Å². The van der Waals surface area contributed by atoms with Gasteiger partial charge in [-0.3, -0.25) is 4.79 Å². The highest BCUT2D eigenvalue weighted by Crippen LogP contribution is 2.38. The molecular weight excluding hydrogens is 373 g/mol. The third-order valence-electron chi connectivity index (χ3n) is 4.88. The van der Waals surface area contributed by atoms with Crippen molar-refractivity contribution in [3.05, 3.63) is 62.8 Å². The SMILES string of the molecule is O=C1C(=Cc2ccc(Cl)cc2Cl)Oc2c1ccc([O-])c2C[NH+]1CCCC1. The Morgan fingerprint density at radius 1 is 1.15 bits per heavy atom. The van der Waals surface area contributed by atoms with E-state index in [0.29, 0.717) is 39.0 Å². The van der Waals surface area contributed by atoms with Crippen LogP contribution >= 0.6 is 23.2 Å². The molecule has 2 aliphatic rings. The number of nitrogens with one attached hydrogen (secondary N) is 1. The molecule has 2 aromatic rings. The van der Waals surface area contributed by atoms with Crippen LogP contribution in [0.4, 0.5) is 0 Å². The third-order valence-corrected chi connectivity index (χ3v) is 5.45. The van der Waals surface area contributed by atoms with Crippen molar-refractivity contribution in [3.8, 4) is 11.5 Å². The number of carbonyl (C=O) groups excluding carboxylic acids is 1. The molecule has 0 atom stereocenters. The van der Waals surface area contributed by atoms with Crippen molar-refractivity contribution in [2.75, 3.05) is 13.1 Å². The first kappa shape index (κ1) is 17.4. The van der Waals surface area contributed by atoms with Gasteiger partial charge in [0.2, 0.25) is 5.78 Å². The molecule has 1 saturated heterocycles. The number of halogens is 2. The quantitative estimate of drug-likeness (QED) is 0.821. The van der Waals surface area contributed by atoms with Crippen LogP contribution in [0.1, 0.15) is 34.3 Å². The molecule has 0 saturated carbocycles. The van der Waals surface area contributed by atoms with Gasteiger partial charge in [-0.15, -0.1) is 0 Å². The van der Waals surface area contributed by atoms with Crippen LogP contribution in [0.3, 0.4) is 0 Å². The Labute approximate surface area is 161 Å². The van der Waals surface area contributed by atoms with E-state index in [0.717, 1.165) is 13.1 Å². The van der Waals surface area contributed by atoms with Gasteiger partial charge in [0.05, 0.1) is 18.7 Å². The van der Waals surface area contributed by atoms with Crippen molar-refractivity contribution in [2.24, 2.45) is 0 Å². The first-order valence-corrected chi connectivity index (χ1v) is 9.34. The average Bonchev–Trinajstić information content (AvgIpc) is 3.22. The fourth-order valence-corrected chi connectivity index (χ4v) is 3.98. The Bertz CT molecular complexity index is 918. The number of hydrogen-bond donors (Lipinski definition) is 1. The number of hydrogen-bond acceptors (Lipinski definition) is 3. The predicted octanol–water partition coefficient (Wildman–Crippen LogP) is 2.86. The van der Waals surface area contributed by atoms with Gasteiger partial charge in [0, 0.05) is 28.5 Å². The van der Waals surface area contributed by atoms with Gasteiger partial charge in [-0.25, -0.2) is 0 Å². The first-order valence-electron chi connectivity index (χ1n) is 8.58. The number of carbonyl (C=O) groups is 1. The Hall–Kier alpha value is -2.01. The molecular formula is C20H17Cl2NO3. The van der Waals surface area contributed by atoms with E-state index in [2.05, 4.69) is 0 Å². The summed E-state index contributed by atoms with van der Waals surface area (Å²) in [7, 11) is 0. The van der Waals surface area contributed by atoms with Crippen LogP contribution in [-0.2, 0) is 6.54 Å². The molecule has 4 nitrogen and oxygen atoms in total. The zero-order valence-electron chi connectivity index (χ0n) is 14.0. The van der Waals surface area contributed by atoms with Crippen LogP contribution in [0, 0.1) is 0 Å². The molecule has 0 radical (unpaired) electrons. The topological polar surface area (TPSA) is 53.8 Å². The molecule has 26 heavy (non-hydrogen) atoms. The van der Waals surface area contributed by atoms with Crippen molar-refractivity contribution in [1.82, 2.24) is 0 Å². The van der Waals surface area contributed by atoms with E-state index in [4.69, 9.17) is 27.9 Å². The zero-order chi connectivity index (χ0) is 18.3. The number of likely N-dealkylation sites (tertiary alicyclic amines) is 1. The Kier molecular flexibility index (Phi) is 4.65. The van der Waals surface area contributed by atoms with Gasteiger partial charge >= 0.3 is 0 Å². The molecule has 0 aromatic heterocycles. The lowest BCUT2D eigenvalue weighted by Gasteiger charge is -2.19. The maximum Gasteiger partial charge on any atom is 0.231 e. The van der Waals surface area contributed by atoms with Gasteiger partial charge in [0.1, 0.15) is 12.3 Å². The first-order chi connectivity index (χ1) is 12.5. The molecule has 134 valence electrons. The second-order valence-electron chi connectivity index (χ2n) is 6.66. The second kappa shape index (κ2) is 6.95. The molecule has 6 heteroatoms. The lowest BCUT2D eigenvalue weighted by Crippen LogP contribution is -3.08. The molecule has 0 aliphatic carbocycles. The molecule has 1 fully saturated rings. The lowest BCUT2D eigenvalue weighted by atomic mass is 10.0. The summed E-state index contributed by atoms with van der Waals surface area (Å²) in [6.45, 7) is 2.67. The van der Waals surface area contributed by atoms with E-state index >= 15 is 0 Å². The highest BCUT2D eigenvalue weighted by molar-refractivity contribution is 6.35. The summed E-state index contributed by atoms with van der Waals surface area (Å²) in [6.07, 6.45) is 3.93. The summed E-state index contributed by atoms with van der Waals surface area (Å²) in [6, 6.07) is 8.05. The summed E-state index contributed by atoms with van der Waals surface area (Å²) in [5.74, 6) is 0.260. The normalized spacial score (nSPS) is 18.4. The molecule has 4 rings (SSSR count). The molecule has 2 aliphatic heterocycles. The molecule has 2 heterocycles. The van der Waals surface area contributed by atoms with Gasteiger partial charge in [0.15, 0.2) is 5.76 Å². The van der Waals surface area contributed by atoms with Crippen molar-refractivity contribution in [2.45, 2.75) is 19.4 Å². The van der Waals surface area contributed by atoms with Crippen LogP contribution in [0.5, 0.6) is 11.5 Å². The minimum atomic E-state index is -0.233. The fraction of sp³-hybridized carbons (Fsp3) is 0.250. The van der Waals surface area contributed by atoms with E-state index in [1.54, 1.807) is 30.3 Å². The Morgan fingerprint density at radius 2 is 1.92 bits per heavy atom. The number of quaternary nitrogens is 1. The molecule has 0 bridgehead atoms. The van der Waals surface area contributed by atoms with Crippen LogP contribution in [0.2, 0.25) is 10.0 Å². The van der Waals surface area contributed by atoms with Gasteiger partial charge in [0.25, 0.3) is 0 Å². The Morgan fingerprint density at radius 3 is 2.65 bits per heavy atom. The van der Waals surface area contributed by atoms with E-state index < -0.39 is 0 Å². The molecule has 2 aromatic carbocycles. The third kappa shape index (κ3) is 3.20. The summed E-state index contributed by atoms with van der Waals surface area (Å²) in [4.78, 5) is 14.1. The smallest absolute Gasteiger partial charge is 0.231 e. The minimum Gasteiger partial charge on any atom is -0.872 e. The van der Waals surface area contributed by atoms with E-state index in [-0.39, 0.29) is 17.3 Å². The summed E-state index contributed by atoms with van der Waals surface area (Å²) in [5, 5.41) is 13.3. The Balaban J connectivity index is 1.69. The fourth-order valence-electron chi connectivity index (χ4n) is 3.52. The number of benzene rings is 2. The second-order valence-corrected chi connectivity index (χ2v) is 7.50. The zero-order valence-corrected chi connectivity index (χ0v) is 15.5. The highest BCUT2D eigenvalue weighted by atomic mass is 35.5. The van der Waals surface area contributed by atoms with Crippen molar-refractivity contribution in [3.63, 3.8) is 0 Å². The number of rotatable bonds is 3. The van der Waals surface area contributed by atoms with Gasteiger partial charge in [-0.2, -0.15) is 0 Å². The molecule has 0 spiro atoms. The maximum atomic E-state index is 12.7. The van der Waals surface area contributed by atoms with Crippen LogP contribution in [0.15, 0.2) is 36.1 Å².